The Morgan fingerprint density at radius 3 is 2.63 bits per heavy atom. The van der Waals surface area contributed by atoms with E-state index < -0.39 is 18.5 Å². The van der Waals surface area contributed by atoms with Gasteiger partial charge in [0.15, 0.2) is 6.61 Å². The Balaban J connectivity index is 1.89. The van der Waals surface area contributed by atoms with E-state index in [2.05, 4.69) is 15.6 Å². The summed E-state index contributed by atoms with van der Waals surface area (Å²) >= 11 is 1.42. The summed E-state index contributed by atoms with van der Waals surface area (Å²) in [6, 6.07) is -0.0351. The van der Waals surface area contributed by atoms with E-state index in [4.69, 9.17) is 4.74 Å². The zero-order valence-electron chi connectivity index (χ0n) is 15.6. The van der Waals surface area contributed by atoms with Gasteiger partial charge in [-0.25, -0.2) is 4.98 Å². The third-order valence-corrected chi connectivity index (χ3v) is 4.83. The summed E-state index contributed by atoms with van der Waals surface area (Å²) in [4.78, 5) is 53.3. The third kappa shape index (κ3) is 5.36. The smallest absolute Gasteiger partial charge is 0.326 e. The highest BCUT2D eigenvalue weighted by atomic mass is 32.1. The van der Waals surface area contributed by atoms with Crippen LogP contribution in [0.4, 0.5) is 0 Å². The molecule has 2 N–H and O–H groups in total. The van der Waals surface area contributed by atoms with Gasteiger partial charge in [-0.3, -0.25) is 23.7 Å². The lowest BCUT2D eigenvalue weighted by atomic mass is 10.2. The molecule has 0 aliphatic rings. The number of hydrogen-bond acceptors (Lipinski definition) is 7. The van der Waals surface area contributed by atoms with Crippen molar-refractivity contribution in [2.45, 2.75) is 40.3 Å². The Labute approximate surface area is 159 Å². The van der Waals surface area contributed by atoms with Gasteiger partial charge in [0.25, 0.3) is 11.5 Å². The van der Waals surface area contributed by atoms with Crippen molar-refractivity contribution in [3.05, 3.63) is 27.1 Å². The van der Waals surface area contributed by atoms with Gasteiger partial charge in [-0.2, -0.15) is 0 Å². The number of nitrogens with zero attached hydrogens (tertiary/aromatic N) is 2. The summed E-state index contributed by atoms with van der Waals surface area (Å²) in [5, 5.41) is 5.45. The minimum Gasteiger partial charge on any atom is -0.454 e. The summed E-state index contributed by atoms with van der Waals surface area (Å²) in [5.41, 5.74) is 0.517. The Bertz CT molecular complexity index is 931. The summed E-state index contributed by atoms with van der Waals surface area (Å²) in [5.74, 6) is -1.69. The number of ether oxygens (including phenoxy) is 1. The van der Waals surface area contributed by atoms with Crippen molar-refractivity contribution in [3.63, 3.8) is 0 Å². The van der Waals surface area contributed by atoms with Crippen molar-refractivity contribution < 1.29 is 19.1 Å². The number of amides is 2. The first kappa shape index (κ1) is 20.6. The van der Waals surface area contributed by atoms with Gasteiger partial charge in [0.05, 0.1) is 18.3 Å². The van der Waals surface area contributed by atoms with Crippen molar-refractivity contribution in [3.8, 4) is 0 Å². The van der Waals surface area contributed by atoms with Crippen molar-refractivity contribution in [1.29, 1.82) is 0 Å². The molecule has 0 aliphatic carbocycles. The maximum Gasteiger partial charge on any atom is 0.326 e. The van der Waals surface area contributed by atoms with Crippen LogP contribution in [-0.2, 0) is 25.7 Å². The van der Waals surface area contributed by atoms with E-state index in [0.29, 0.717) is 10.2 Å². The minimum absolute atomic E-state index is 0.0351. The topological polar surface area (TPSA) is 119 Å². The minimum atomic E-state index is -0.746. The first-order chi connectivity index (χ1) is 12.7. The van der Waals surface area contributed by atoms with E-state index in [1.807, 2.05) is 13.8 Å². The number of aryl methyl sites for hydroxylation is 2. The second-order valence-corrected chi connectivity index (χ2v) is 7.50. The maximum absolute atomic E-state index is 12.5. The highest BCUT2D eigenvalue weighted by Crippen LogP contribution is 2.25. The predicted octanol–water partition coefficient (Wildman–Crippen LogP) is 0.259. The molecular formula is C17H22N4O5S. The van der Waals surface area contributed by atoms with Crippen LogP contribution in [0.1, 0.15) is 24.3 Å². The molecule has 10 heteroatoms. The molecule has 2 amide bonds. The molecule has 2 heterocycles. The molecule has 0 aromatic carbocycles. The lowest BCUT2D eigenvalue weighted by Gasteiger charge is -2.10. The number of fused-ring (bicyclic) bond motifs is 1. The Hall–Kier alpha value is -2.75. The van der Waals surface area contributed by atoms with Gasteiger partial charge in [0, 0.05) is 10.9 Å². The molecule has 2 aromatic rings. The van der Waals surface area contributed by atoms with Gasteiger partial charge >= 0.3 is 5.97 Å². The molecule has 0 saturated carbocycles. The number of carbonyl (C=O) groups excluding carboxylic acids is 3. The Morgan fingerprint density at radius 2 is 1.96 bits per heavy atom. The number of hydrogen-bond donors (Lipinski definition) is 2. The molecule has 27 heavy (non-hydrogen) atoms. The van der Waals surface area contributed by atoms with Crippen LogP contribution in [0.5, 0.6) is 0 Å². The summed E-state index contributed by atoms with van der Waals surface area (Å²) in [7, 11) is 0. The van der Waals surface area contributed by atoms with E-state index in [-0.39, 0.29) is 30.6 Å². The summed E-state index contributed by atoms with van der Waals surface area (Å²) in [6.07, 6.45) is 1.29. The van der Waals surface area contributed by atoms with Crippen LogP contribution in [0, 0.1) is 13.8 Å². The van der Waals surface area contributed by atoms with E-state index in [1.54, 1.807) is 13.8 Å². The average molecular weight is 394 g/mol. The quantitative estimate of drug-likeness (QED) is 0.650. The number of esters is 1. The molecule has 0 atom stereocenters. The zero-order valence-corrected chi connectivity index (χ0v) is 16.4. The zero-order chi connectivity index (χ0) is 20.1. The lowest BCUT2D eigenvalue weighted by molar-refractivity contribution is -0.149. The molecule has 0 aliphatic heterocycles. The van der Waals surface area contributed by atoms with E-state index in [9.17, 15) is 19.2 Å². The van der Waals surface area contributed by atoms with E-state index in [1.165, 1.54) is 17.7 Å². The van der Waals surface area contributed by atoms with Gasteiger partial charge < -0.3 is 15.4 Å². The summed E-state index contributed by atoms with van der Waals surface area (Å²) in [6.45, 7) is 6.25. The van der Waals surface area contributed by atoms with Gasteiger partial charge in [-0.15, -0.1) is 11.3 Å². The Morgan fingerprint density at radius 1 is 1.26 bits per heavy atom. The largest absolute Gasteiger partial charge is 0.454 e. The number of rotatable bonds is 7. The number of thiophene rings is 1. The predicted molar refractivity (Wildman–Crippen MR) is 101 cm³/mol. The van der Waals surface area contributed by atoms with Crippen LogP contribution in [0.2, 0.25) is 0 Å². The van der Waals surface area contributed by atoms with Gasteiger partial charge in [0.2, 0.25) is 5.91 Å². The van der Waals surface area contributed by atoms with Crippen LogP contribution in [-0.4, -0.2) is 46.5 Å². The van der Waals surface area contributed by atoms with Crippen molar-refractivity contribution in [2.75, 3.05) is 13.2 Å². The van der Waals surface area contributed by atoms with Crippen LogP contribution >= 0.6 is 11.3 Å². The number of nitrogens with one attached hydrogen (secondary N) is 2. The molecule has 0 fully saturated rings. The van der Waals surface area contributed by atoms with Crippen molar-refractivity contribution in [2.24, 2.45) is 0 Å². The fraction of sp³-hybridized carbons (Fsp3) is 0.471. The molecule has 0 bridgehead atoms. The van der Waals surface area contributed by atoms with Gasteiger partial charge in [-0.1, -0.05) is 0 Å². The lowest BCUT2D eigenvalue weighted by Crippen LogP contribution is -2.41. The van der Waals surface area contributed by atoms with Gasteiger partial charge in [-0.05, 0) is 33.3 Å². The maximum atomic E-state index is 12.5. The molecule has 0 spiro atoms. The van der Waals surface area contributed by atoms with Crippen LogP contribution in [0.15, 0.2) is 11.1 Å². The fourth-order valence-electron chi connectivity index (χ4n) is 2.32. The average Bonchev–Trinajstić information content (AvgIpc) is 2.88. The molecule has 2 aromatic heterocycles. The molecule has 0 unspecified atom stereocenters. The second kappa shape index (κ2) is 8.76. The highest BCUT2D eigenvalue weighted by Gasteiger charge is 2.15. The molecule has 0 radical (unpaired) electrons. The second-order valence-electron chi connectivity index (χ2n) is 6.30. The summed E-state index contributed by atoms with van der Waals surface area (Å²) < 4.78 is 6.01. The molecular weight excluding hydrogens is 372 g/mol. The Kier molecular flexibility index (Phi) is 6.67. The SMILES string of the molecule is Cc1sc2ncn(CC(=O)OCC(=O)NCC(=O)NC(C)C)c(=O)c2c1C. The highest BCUT2D eigenvalue weighted by molar-refractivity contribution is 7.18. The number of aromatic nitrogens is 2. The molecule has 2 rings (SSSR count). The fourth-order valence-corrected chi connectivity index (χ4v) is 3.30. The normalized spacial score (nSPS) is 10.9. The third-order valence-electron chi connectivity index (χ3n) is 3.72. The first-order valence-electron chi connectivity index (χ1n) is 8.35. The van der Waals surface area contributed by atoms with Crippen LogP contribution in [0.25, 0.3) is 10.2 Å². The molecule has 146 valence electrons. The van der Waals surface area contributed by atoms with Crippen molar-refractivity contribution >= 4 is 39.3 Å². The number of carbonyl (C=O) groups is 3. The molecule has 9 nitrogen and oxygen atoms in total. The monoisotopic (exact) mass is 394 g/mol. The molecule has 0 saturated heterocycles. The van der Waals surface area contributed by atoms with E-state index >= 15 is 0 Å². The first-order valence-corrected chi connectivity index (χ1v) is 9.17. The van der Waals surface area contributed by atoms with Crippen LogP contribution < -0.4 is 16.2 Å². The van der Waals surface area contributed by atoms with Crippen LogP contribution in [0.3, 0.4) is 0 Å². The van der Waals surface area contributed by atoms with E-state index in [0.717, 1.165) is 15.0 Å². The standard InChI is InChI=1S/C17H22N4O5S/c1-9(2)20-12(22)5-18-13(23)7-26-14(24)6-21-8-19-16-15(17(21)25)10(3)11(4)27-16/h8-9H,5-7H2,1-4H3,(H,18,23)(H,20,22). The van der Waals surface area contributed by atoms with Crippen molar-refractivity contribution in [1.82, 2.24) is 20.2 Å². The van der Waals surface area contributed by atoms with Gasteiger partial charge in [0.1, 0.15) is 11.4 Å².